The number of ether oxygens (including phenoxy) is 1. The number of fused-ring (bicyclic) bond motifs is 3. The summed E-state index contributed by atoms with van der Waals surface area (Å²) < 4.78 is 7.05. The van der Waals surface area contributed by atoms with Gasteiger partial charge in [0.1, 0.15) is 11.3 Å². The molecule has 2 aromatic heterocycles. The second-order valence-electron chi connectivity index (χ2n) is 6.77. The molecule has 3 aromatic rings. The number of imidazole rings is 1. The molecule has 1 aromatic carbocycles. The van der Waals surface area contributed by atoms with Crippen LogP contribution < -0.4 is 5.73 Å². The van der Waals surface area contributed by atoms with E-state index in [1.54, 1.807) is 12.1 Å². The first kappa shape index (κ1) is 18.9. The SMILES string of the molecule is C/C=C(\C)Cn1c(CCCC)nc2c(N)nc3cc(C(=O)OC)ccc3c21. The molecule has 6 nitrogen and oxygen atoms in total. The summed E-state index contributed by atoms with van der Waals surface area (Å²) in [5, 5.41) is 0.936. The summed E-state index contributed by atoms with van der Waals surface area (Å²) in [4.78, 5) is 21.2. The molecule has 0 unspecified atom stereocenters. The van der Waals surface area contributed by atoms with Gasteiger partial charge in [0, 0.05) is 18.4 Å². The highest BCUT2D eigenvalue weighted by atomic mass is 16.5. The number of nitrogens with two attached hydrogens (primary N) is 1. The number of benzene rings is 1. The number of unbranched alkanes of at least 4 members (excludes halogenated alkanes) is 1. The highest BCUT2D eigenvalue weighted by Crippen LogP contribution is 2.30. The van der Waals surface area contributed by atoms with Crippen molar-refractivity contribution in [3.8, 4) is 0 Å². The summed E-state index contributed by atoms with van der Waals surface area (Å²) in [5.41, 5.74) is 10.3. The van der Waals surface area contributed by atoms with Crippen LogP contribution in [0.2, 0.25) is 0 Å². The number of anilines is 1. The number of nitrogens with zero attached hydrogens (tertiary/aromatic N) is 3. The summed E-state index contributed by atoms with van der Waals surface area (Å²) in [5.74, 6) is 1.01. The Morgan fingerprint density at radius 1 is 1.33 bits per heavy atom. The number of carbonyl (C=O) groups excluding carboxylic acids is 1. The van der Waals surface area contributed by atoms with Crippen molar-refractivity contribution in [2.75, 3.05) is 12.8 Å². The van der Waals surface area contributed by atoms with Crippen LogP contribution in [0.25, 0.3) is 21.9 Å². The van der Waals surface area contributed by atoms with Gasteiger partial charge in [0.25, 0.3) is 0 Å². The van der Waals surface area contributed by atoms with Crippen molar-refractivity contribution in [2.45, 2.75) is 46.6 Å². The lowest BCUT2D eigenvalue weighted by Gasteiger charge is -2.11. The number of methoxy groups -OCH3 is 1. The summed E-state index contributed by atoms with van der Waals surface area (Å²) in [6.45, 7) is 7.07. The van der Waals surface area contributed by atoms with E-state index < -0.39 is 0 Å². The maximum atomic E-state index is 11.9. The molecule has 3 rings (SSSR count). The average molecular weight is 366 g/mol. The van der Waals surface area contributed by atoms with Gasteiger partial charge >= 0.3 is 5.97 Å². The van der Waals surface area contributed by atoms with Crippen LogP contribution in [-0.4, -0.2) is 27.6 Å². The fourth-order valence-corrected chi connectivity index (χ4v) is 3.24. The smallest absolute Gasteiger partial charge is 0.337 e. The maximum absolute atomic E-state index is 11.9. The highest BCUT2D eigenvalue weighted by Gasteiger charge is 2.18. The van der Waals surface area contributed by atoms with E-state index in [0.29, 0.717) is 16.9 Å². The zero-order valence-corrected chi connectivity index (χ0v) is 16.4. The molecule has 0 amide bonds. The monoisotopic (exact) mass is 366 g/mol. The highest BCUT2D eigenvalue weighted by molar-refractivity contribution is 6.08. The first-order chi connectivity index (χ1) is 13.0. The molecule has 6 heteroatoms. The summed E-state index contributed by atoms with van der Waals surface area (Å²) >= 11 is 0. The van der Waals surface area contributed by atoms with E-state index in [0.717, 1.165) is 48.1 Å². The second-order valence-corrected chi connectivity index (χ2v) is 6.77. The van der Waals surface area contributed by atoms with Crippen molar-refractivity contribution in [2.24, 2.45) is 0 Å². The van der Waals surface area contributed by atoms with E-state index >= 15 is 0 Å². The van der Waals surface area contributed by atoms with Crippen LogP contribution >= 0.6 is 0 Å². The summed E-state index contributed by atoms with van der Waals surface area (Å²) in [7, 11) is 1.37. The van der Waals surface area contributed by atoms with Gasteiger partial charge in [-0.25, -0.2) is 14.8 Å². The minimum atomic E-state index is -0.390. The number of carbonyl (C=O) groups is 1. The summed E-state index contributed by atoms with van der Waals surface area (Å²) in [6, 6.07) is 5.39. The number of esters is 1. The average Bonchev–Trinajstić information content (AvgIpc) is 3.04. The number of hydrogen-bond acceptors (Lipinski definition) is 5. The van der Waals surface area contributed by atoms with Crippen molar-refractivity contribution in [1.29, 1.82) is 0 Å². The Bertz CT molecular complexity index is 1030. The van der Waals surface area contributed by atoms with Crippen molar-refractivity contribution in [3.05, 3.63) is 41.2 Å². The lowest BCUT2D eigenvalue weighted by atomic mass is 10.1. The van der Waals surface area contributed by atoms with E-state index in [1.165, 1.54) is 12.7 Å². The van der Waals surface area contributed by atoms with Crippen LogP contribution in [0.5, 0.6) is 0 Å². The molecule has 0 radical (unpaired) electrons. The molecule has 0 aliphatic heterocycles. The normalized spacial score (nSPS) is 12.1. The number of nitrogen functional groups attached to an aromatic ring is 1. The Hall–Kier alpha value is -2.89. The van der Waals surface area contributed by atoms with Crippen molar-refractivity contribution < 1.29 is 9.53 Å². The predicted molar refractivity (Wildman–Crippen MR) is 109 cm³/mol. The van der Waals surface area contributed by atoms with Gasteiger partial charge in [-0.15, -0.1) is 0 Å². The molecule has 0 aliphatic carbocycles. The van der Waals surface area contributed by atoms with Gasteiger partial charge in [0.15, 0.2) is 5.82 Å². The van der Waals surface area contributed by atoms with E-state index in [4.69, 9.17) is 15.5 Å². The van der Waals surface area contributed by atoms with Crippen LogP contribution in [0.4, 0.5) is 5.82 Å². The lowest BCUT2D eigenvalue weighted by molar-refractivity contribution is 0.0601. The Balaban J connectivity index is 2.30. The van der Waals surface area contributed by atoms with Gasteiger partial charge in [0.2, 0.25) is 0 Å². The van der Waals surface area contributed by atoms with Crippen molar-refractivity contribution in [3.63, 3.8) is 0 Å². The predicted octanol–water partition coefficient (Wildman–Crippen LogP) is 4.26. The first-order valence-electron chi connectivity index (χ1n) is 9.28. The third-order valence-electron chi connectivity index (χ3n) is 4.86. The minimum Gasteiger partial charge on any atom is -0.465 e. The minimum absolute atomic E-state index is 0.383. The molecule has 0 atom stereocenters. The Morgan fingerprint density at radius 2 is 2.11 bits per heavy atom. The number of rotatable bonds is 6. The lowest BCUT2D eigenvalue weighted by Crippen LogP contribution is -2.06. The molecule has 0 bridgehead atoms. The Kier molecular flexibility index (Phi) is 5.44. The Labute approximate surface area is 159 Å². The third kappa shape index (κ3) is 3.52. The van der Waals surface area contributed by atoms with Crippen LogP contribution in [0.15, 0.2) is 29.8 Å². The molecule has 142 valence electrons. The molecule has 0 fully saturated rings. The van der Waals surface area contributed by atoms with Gasteiger partial charge < -0.3 is 15.0 Å². The molecule has 2 N–H and O–H groups in total. The van der Waals surface area contributed by atoms with E-state index in [1.807, 2.05) is 13.0 Å². The van der Waals surface area contributed by atoms with Crippen molar-refractivity contribution in [1.82, 2.24) is 14.5 Å². The molecule has 0 spiro atoms. The third-order valence-corrected chi connectivity index (χ3v) is 4.86. The zero-order valence-electron chi connectivity index (χ0n) is 16.4. The van der Waals surface area contributed by atoms with E-state index in [2.05, 4.69) is 29.5 Å². The number of aromatic nitrogens is 3. The first-order valence-corrected chi connectivity index (χ1v) is 9.28. The molecule has 27 heavy (non-hydrogen) atoms. The molecule has 2 heterocycles. The largest absolute Gasteiger partial charge is 0.465 e. The fraction of sp³-hybridized carbons (Fsp3) is 0.381. The number of allylic oxidation sites excluding steroid dienone is 2. The van der Waals surface area contributed by atoms with Gasteiger partial charge in [-0.1, -0.05) is 25.0 Å². The van der Waals surface area contributed by atoms with E-state index in [9.17, 15) is 4.79 Å². The topological polar surface area (TPSA) is 83.0 Å². The molecular weight excluding hydrogens is 340 g/mol. The van der Waals surface area contributed by atoms with Crippen LogP contribution in [-0.2, 0) is 17.7 Å². The second kappa shape index (κ2) is 7.78. The summed E-state index contributed by atoms with van der Waals surface area (Å²) in [6.07, 6.45) is 5.17. The quantitative estimate of drug-likeness (QED) is 0.520. The standard InChI is InChI=1S/C21H26N4O2/c1-5-7-8-17-24-18-19(25(17)12-13(3)6-2)15-10-9-14(21(26)27-4)11-16(15)23-20(18)22/h6,9-11H,5,7-8,12H2,1-4H3,(H2,22,23)/b13-6+. The number of hydrogen-bond donors (Lipinski definition) is 1. The maximum Gasteiger partial charge on any atom is 0.337 e. The van der Waals surface area contributed by atoms with Gasteiger partial charge in [-0.2, -0.15) is 0 Å². The van der Waals surface area contributed by atoms with Crippen LogP contribution in [0.3, 0.4) is 0 Å². The zero-order chi connectivity index (χ0) is 19.6. The molecule has 0 saturated heterocycles. The number of pyridine rings is 1. The molecular formula is C21H26N4O2. The van der Waals surface area contributed by atoms with Crippen LogP contribution in [0, 0.1) is 0 Å². The fourth-order valence-electron chi connectivity index (χ4n) is 3.24. The van der Waals surface area contributed by atoms with Gasteiger partial charge in [0.05, 0.1) is 23.7 Å². The number of aryl methyl sites for hydroxylation is 1. The van der Waals surface area contributed by atoms with Crippen LogP contribution in [0.1, 0.15) is 49.8 Å². The molecule has 0 saturated carbocycles. The van der Waals surface area contributed by atoms with Crippen molar-refractivity contribution >= 4 is 33.7 Å². The Morgan fingerprint density at radius 3 is 2.78 bits per heavy atom. The van der Waals surface area contributed by atoms with Gasteiger partial charge in [-0.05, 0) is 38.5 Å². The van der Waals surface area contributed by atoms with E-state index in [-0.39, 0.29) is 5.97 Å². The van der Waals surface area contributed by atoms with Gasteiger partial charge in [-0.3, -0.25) is 0 Å². The molecule has 0 aliphatic rings.